The van der Waals surface area contributed by atoms with Gasteiger partial charge in [0.25, 0.3) is 0 Å². The highest BCUT2D eigenvalue weighted by Gasteiger charge is 2.28. The molecule has 25 heavy (non-hydrogen) atoms. The van der Waals surface area contributed by atoms with Crippen molar-refractivity contribution in [2.24, 2.45) is 0 Å². The molecule has 0 spiro atoms. The van der Waals surface area contributed by atoms with E-state index in [2.05, 4.69) is 10.0 Å². The summed E-state index contributed by atoms with van der Waals surface area (Å²) in [6.07, 6.45) is 1.44. The third-order valence-corrected chi connectivity index (χ3v) is 5.10. The van der Waals surface area contributed by atoms with Crippen LogP contribution in [0.5, 0.6) is 5.75 Å². The van der Waals surface area contributed by atoms with E-state index in [4.69, 9.17) is 16.3 Å². The fourth-order valence-electron chi connectivity index (χ4n) is 2.08. The van der Waals surface area contributed by atoms with E-state index in [-0.39, 0.29) is 33.7 Å². The predicted molar refractivity (Wildman–Crippen MR) is 93.6 cm³/mol. The molecule has 0 unspecified atom stereocenters. The fourth-order valence-corrected chi connectivity index (χ4v) is 3.76. The van der Waals surface area contributed by atoms with Crippen molar-refractivity contribution < 1.29 is 27.9 Å². The van der Waals surface area contributed by atoms with Crippen molar-refractivity contribution in [1.82, 2.24) is 4.72 Å². The van der Waals surface area contributed by atoms with Gasteiger partial charge in [-0.25, -0.2) is 8.42 Å². The maximum Gasteiger partial charge on any atom is 0.321 e. The fraction of sp³-hybridized carbons (Fsp3) is 0.467. The zero-order valence-corrected chi connectivity index (χ0v) is 15.7. The standard InChI is InChI=1S/C15H21ClN2O6S/c1-4-5-6-11(15(20)21)18-25(22,23)14-7-10(16)12(17-9(2)19)8-13(14)24-3/h7-8,11,18H,4-6H2,1-3H3,(H,17,19)(H,20,21)/t11-/m0/s1. The second-order valence-electron chi connectivity index (χ2n) is 5.32. The van der Waals surface area contributed by atoms with Crippen LogP contribution in [0.2, 0.25) is 5.02 Å². The molecule has 0 bridgehead atoms. The number of hydrogen-bond donors (Lipinski definition) is 3. The maximum atomic E-state index is 12.6. The molecule has 3 N–H and O–H groups in total. The number of hydrogen-bond acceptors (Lipinski definition) is 5. The van der Waals surface area contributed by atoms with E-state index in [1.165, 1.54) is 20.1 Å². The van der Waals surface area contributed by atoms with Gasteiger partial charge in [-0.2, -0.15) is 4.72 Å². The first-order valence-electron chi connectivity index (χ1n) is 7.52. The number of sulfonamides is 1. The number of methoxy groups -OCH3 is 1. The molecule has 8 nitrogen and oxygen atoms in total. The number of amides is 1. The molecule has 0 heterocycles. The van der Waals surface area contributed by atoms with E-state index in [1.54, 1.807) is 0 Å². The molecule has 140 valence electrons. The van der Waals surface area contributed by atoms with E-state index in [1.807, 2.05) is 6.92 Å². The smallest absolute Gasteiger partial charge is 0.321 e. The second kappa shape index (κ2) is 9.02. The molecular weight excluding hydrogens is 372 g/mol. The molecule has 1 rings (SSSR count). The lowest BCUT2D eigenvalue weighted by Crippen LogP contribution is -2.40. The lowest BCUT2D eigenvalue weighted by atomic mass is 10.1. The van der Waals surface area contributed by atoms with Crippen LogP contribution in [-0.4, -0.2) is 38.6 Å². The first kappa shape index (κ1) is 21.2. The number of anilines is 1. The van der Waals surface area contributed by atoms with Crippen molar-refractivity contribution >= 4 is 39.2 Å². The van der Waals surface area contributed by atoms with Crippen molar-refractivity contribution in [2.75, 3.05) is 12.4 Å². The molecule has 0 aliphatic carbocycles. The highest BCUT2D eigenvalue weighted by atomic mass is 35.5. The van der Waals surface area contributed by atoms with Crippen molar-refractivity contribution in [1.29, 1.82) is 0 Å². The number of rotatable bonds is 9. The van der Waals surface area contributed by atoms with Gasteiger partial charge in [0.2, 0.25) is 15.9 Å². The number of benzene rings is 1. The topological polar surface area (TPSA) is 122 Å². The van der Waals surface area contributed by atoms with E-state index < -0.39 is 22.0 Å². The largest absolute Gasteiger partial charge is 0.495 e. The first-order chi connectivity index (χ1) is 11.6. The molecule has 0 fully saturated rings. The summed E-state index contributed by atoms with van der Waals surface area (Å²) in [7, 11) is -2.94. The van der Waals surface area contributed by atoms with Gasteiger partial charge in [-0.05, 0) is 12.5 Å². The molecule has 0 saturated carbocycles. The highest BCUT2D eigenvalue weighted by molar-refractivity contribution is 7.89. The Labute approximate surface area is 151 Å². The summed E-state index contributed by atoms with van der Waals surface area (Å²) >= 11 is 6.01. The Balaban J connectivity index is 3.25. The Morgan fingerprint density at radius 2 is 2.00 bits per heavy atom. The average Bonchev–Trinajstić information content (AvgIpc) is 2.52. The van der Waals surface area contributed by atoms with Crippen LogP contribution in [0.4, 0.5) is 5.69 Å². The van der Waals surface area contributed by atoms with Gasteiger partial charge in [0.05, 0.1) is 17.8 Å². The molecule has 1 aromatic carbocycles. The number of carboxylic acid groups (broad SMARTS) is 1. The summed E-state index contributed by atoms with van der Waals surface area (Å²) in [5, 5.41) is 11.6. The van der Waals surface area contributed by atoms with Gasteiger partial charge < -0.3 is 15.2 Å². The Morgan fingerprint density at radius 3 is 2.48 bits per heavy atom. The first-order valence-corrected chi connectivity index (χ1v) is 9.38. The Bertz CT molecular complexity index is 751. The molecule has 0 saturated heterocycles. The second-order valence-corrected chi connectivity index (χ2v) is 7.41. The molecule has 0 radical (unpaired) electrons. The van der Waals surface area contributed by atoms with E-state index in [0.717, 1.165) is 12.5 Å². The Morgan fingerprint density at radius 1 is 1.36 bits per heavy atom. The van der Waals surface area contributed by atoms with Crippen LogP contribution in [-0.2, 0) is 19.6 Å². The van der Waals surface area contributed by atoms with Crippen LogP contribution >= 0.6 is 11.6 Å². The summed E-state index contributed by atoms with van der Waals surface area (Å²) in [4.78, 5) is 22.1. The number of ether oxygens (including phenoxy) is 1. The SMILES string of the molecule is CCCC[C@H](NS(=O)(=O)c1cc(Cl)c(NC(C)=O)cc1OC)C(=O)O. The van der Waals surface area contributed by atoms with Gasteiger partial charge >= 0.3 is 5.97 Å². The van der Waals surface area contributed by atoms with Crippen LogP contribution in [0.15, 0.2) is 17.0 Å². The number of nitrogens with one attached hydrogen (secondary N) is 2. The van der Waals surface area contributed by atoms with Crippen molar-refractivity contribution in [3.8, 4) is 5.75 Å². The summed E-state index contributed by atoms with van der Waals surface area (Å²) in [5.41, 5.74) is 0.186. The minimum Gasteiger partial charge on any atom is -0.495 e. The van der Waals surface area contributed by atoms with E-state index >= 15 is 0 Å². The zero-order valence-electron chi connectivity index (χ0n) is 14.1. The van der Waals surface area contributed by atoms with Gasteiger partial charge in [0, 0.05) is 13.0 Å². The average molecular weight is 393 g/mol. The molecule has 1 aromatic rings. The summed E-state index contributed by atoms with van der Waals surface area (Å²) in [5.74, 6) is -1.72. The van der Waals surface area contributed by atoms with Crippen LogP contribution in [0.25, 0.3) is 0 Å². The van der Waals surface area contributed by atoms with Crippen LogP contribution in [0.3, 0.4) is 0 Å². The lowest BCUT2D eigenvalue weighted by Gasteiger charge is -2.17. The van der Waals surface area contributed by atoms with Crippen LogP contribution in [0.1, 0.15) is 33.1 Å². The predicted octanol–water partition coefficient (Wildman–Crippen LogP) is 2.23. The van der Waals surface area contributed by atoms with Gasteiger partial charge in [-0.1, -0.05) is 31.4 Å². The normalized spacial score (nSPS) is 12.5. The number of carbonyl (C=O) groups excluding carboxylic acids is 1. The Hall–Kier alpha value is -1.84. The Kier molecular flexibility index (Phi) is 7.65. The molecular formula is C15H21ClN2O6S. The van der Waals surface area contributed by atoms with E-state index in [9.17, 15) is 23.1 Å². The molecule has 1 amide bonds. The molecule has 0 aliphatic rings. The van der Waals surface area contributed by atoms with Crippen LogP contribution < -0.4 is 14.8 Å². The van der Waals surface area contributed by atoms with Gasteiger partial charge in [-0.15, -0.1) is 0 Å². The van der Waals surface area contributed by atoms with Crippen molar-refractivity contribution in [2.45, 2.75) is 44.0 Å². The number of unbranched alkanes of at least 4 members (excludes halogenated alkanes) is 1. The van der Waals surface area contributed by atoms with Crippen LogP contribution in [0, 0.1) is 0 Å². The number of halogens is 1. The van der Waals surface area contributed by atoms with Crippen molar-refractivity contribution in [3.05, 3.63) is 17.2 Å². The minimum absolute atomic E-state index is 0.0168. The lowest BCUT2D eigenvalue weighted by molar-refractivity contribution is -0.139. The van der Waals surface area contributed by atoms with Crippen molar-refractivity contribution in [3.63, 3.8) is 0 Å². The van der Waals surface area contributed by atoms with Gasteiger partial charge in [-0.3, -0.25) is 9.59 Å². The van der Waals surface area contributed by atoms with Gasteiger partial charge in [0.15, 0.2) is 0 Å². The summed E-state index contributed by atoms with van der Waals surface area (Å²) in [6.45, 7) is 3.15. The molecule has 0 aliphatic heterocycles. The third-order valence-electron chi connectivity index (χ3n) is 3.30. The molecule has 0 aromatic heterocycles. The maximum absolute atomic E-state index is 12.6. The monoisotopic (exact) mass is 392 g/mol. The van der Waals surface area contributed by atoms with E-state index in [0.29, 0.717) is 6.42 Å². The highest BCUT2D eigenvalue weighted by Crippen LogP contribution is 2.34. The molecule has 1 atom stereocenters. The minimum atomic E-state index is -4.20. The number of carbonyl (C=O) groups is 2. The zero-order chi connectivity index (χ0) is 19.2. The number of aliphatic carboxylic acids is 1. The summed E-state index contributed by atoms with van der Waals surface area (Å²) < 4.78 is 32.4. The summed E-state index contributed by atoms with van der Waals surface area (Å²) in [6, 6.07) is 1.11. The third kappa shape index (κ3) is 5.87. The van der Waals surface area contributed by atoms with Gasteiger partial charge in [0.1, 0.15) is 16.7 Å². The quantitative estimate of drug-likeness (QED) is 0.592. The number of carboxylic acids is 1. The molecule has 10 heteroatoms.